The molecule has 18 heavy (non-hydrogen) atoms. The fourth-order valence-corrected chi connectivity index (χ4v) is 1.99. The maximum Gasteiger partial charge on any atom is 0.183 e. The van der Waals surface area contributed by atoms with Gasteiger partial charge in [-0.1, -0.05) is 0 Å². The molecule has 1 unspecified atom stereocenters. The Morgan fingerprint density at radius 3 is 2.89 bits per heavy atom. The Hall–Kier alpha value is -1.67. The van der Waals surface area contributed by atoms with Crippen LogP contribution in [0.3, 0.4) is 0 Å². The summed E-state index contributed by atoms with van der Waals surface area (Å²) in [6, 6.07) is 4.27. The van der Waals surface area contributed by atoms with E-state index in [0.29, 0.717) is 12.5 Å². The molecule has 0 bridgehead atoms. The molecule has 0 spiro atoms. The van der Waals surface area contributed by atoms with Crippen LogP contribution in [0.25, 0.3) is 0 Å². The summed E-state index contributed by atoms with van der Waals surface area (Å²) in [6.07, 6.45) is 1.88. The molecule has 96 valence electrons. The molecule has 3 nitrogen and oxygen atoms in total. The number of ether oxygens (including phenoxy) is 1. The van der Waals surface area contributed by atoms with E-state index in [9.17, 15) is 8.78 Å². The van der Waals surface area contributed by atoms with Gasteiger partial charge < -0.3 is 10.1 Å². The summed E-state index contributed by atoms with van der Waals surface area (Å²) in [7, 11) is 0. The number of nitriles is 1. The van der Waals surface area contributed by atoms with E-state index >= 15 is 0 Å². The van der Waals surface area contributed by atoms with Crippen molar-refractivity contribution in [2.75, 3.05) is 25.1 Å². The molecule has 1 N–H and O–H groups in total. The van der Waals surface area contributed by atoms with Crippen LogP contribution in [0, 0.1) is 28.9 Å². The molecule has 1 aromatic rings. The Morgan fingerprint density at radius 1 is 1.39 bits per heavy atom. The van der Waals surface area contributed by atoms with Gasteiger partial charge in [0.15, 0.2) is 11.6 Å². The summed E-state index contributed by atoms with van der Waals surface area (Å²) >= 11 is 0. The largest absolute Gasteiger partial charge is 0.383 e. The topological polar surface area (TPSA) is 45.0 Å². The van der Waals surface area contributed by atoms with Crippen LogP contribution in [0.1, 0.15) is 18.4 Å². The standard InChI is InChI=1S/C13H14F2N2O/c14-12-10(7-16)1-2-11(13(12)15)17-5-3-9-4-6-18-8-9/h1-2,9,17H,3-6,8H2. The van der Waals surface area contributed by atoms with E-state index in [0.717, 1.165) is 26.1 Å². The van der Waals surface area contributed by atoms with E-state index < -0.39 is 11.6 Å². The minimum Gasteiger partial charge on any atom is -0.383 e. The molecule has 0 aromatic heterocycles. The molecule has 1 aliphatic heterocycles. The van der Waals surface area contributed by atoms with Crippen LogP contribution in [-0.4, -0.2) is 19.8 Å². The van der Waals surface area contributed by atoms with Crippen LogP contribution in [0.4, 0.5) is 14.5 Å². The molecule has 1 aliphatic rings. The van der Waals surface area contributed by atoms with Gasteiger partial charge >= 0.3 is 0 Å². The normalized spacial score (nSPS) is 18.6. The second-order valence-corrected chi connectivity index (χ2v) is 4.35. The summed E-state index contributed by atoms with van der Waals surface area (Å²) in [5, 5.41) is 11.4. The van der Waals surface area contributed by atoms with Gasteiger partial charge in [-0.25, -0.2) is 8.78 Å². The average molecular weight is 252 g/mol. The van der Waals surface area contributed by atoms with Crippen LogP contribution < -0.4 is 5.32 Å². The lowest BCUT2D eigenvalue weighted by Gasteiger charge is -2.11. The van der Waals surface area contributed by atoms with Gasteiger partial charge in [0.1, 0.15) is 6.07 Å². The van der Waals surface area contributed by atoms with E-state index in [1.807, 2.05) is 0 Å². The molecule has 0 saturated carbocycles. The van der Waals surface area contributed by atoms with E-state index in [-0.39, 0.29) is 11.3 Å². The maximum absolute atomic E-state index is 13.5. The van der Waals surface area contributed by atoms with Gasteiger partial charge in [0, 0.05) is 19.8 Å². The number of halogens is 2. The number of hydrogen-bond donors (Lipinski definition) is 1. The second-order valence-electron chi connectivity index (χ2n) is 4.35. The Labute approximate surface area is 104 Å². The number of benzene rings is 1. The molecule has 1 heterocycles. The van der Waals surface area contributed by atoms with Crippen molar-refractivity contribution in [3.63, 3.8) is 0 Å². The maximum atomic E-state index is 13.5. The average Bonchev–Trinajstić information content (AvgIpc) is 2.88. The Kier molecular flexibility index (Phi) is 4.11. The van der Waals surface area contributed by atoms with Gasteiger partial charge in [-0.15, -0.1) is 0 Å². The number of anilines is 1. The summed E-state index contributed by atoms with van der Waals surface area (Å²) < 4.78 is 32.1. The van der Waals surface area contributed by atoms with Crippen LogP contribution in [0.15, 0.2) is 12.1 Å². The summed E-state index contributed by atoms with van der Waals surface area (Å²) in [5.74, 6) is -1.59. The molecule has 0 radical (unpaired) electrons. The number of hydrogen-bond acceptors (Lipinski definition) is 3. The minimum absolute atomic E-state index is 0.102. The lowest BCUT2D eigenvalue weighted by atomic mass is 10.1. The lowest BCUT2D eigenvalue weighted by molar-refractivity contribution is 0.185. The molecule has 0 aliphatic carbocycles. The molecular formula is C13H14F2N2O. The van der Waals surface area contributed by atoms with E-state index in [4.69, 9.17) is 10.00 Å². The first-order valence-corrected chi connectivity index (χ1v) is 5.92. The minimum atomic E-state index is -1.09. The van der Waals surface area contributed by atoms with Crippen molar-refractivity contribution in [1.29, 1.82) is 5.26 Å². The summed E-state index contributed by atoms with van der Waals surface area (Å²) in [4.78, 5) is 0. The first kappa shape index (κ1) is 12.8. The van der Waals surface area contributed by atoms with Gasteiger partial charge in [-0.3, -0.25) is 0 Å². The van der Waals surface area contributed by atoms with Gasteiger partial charge in [-0.05, 0) is 30.9 Å². The van der Waals surface area contributed by atoms with Crippen molar-refractivity contribution < 1.29 is 13.5 Å². The smallest absolute Gasteiger partial charge is 0.183 e. The van der Waals surface area contributed by atoms with Gasteiger partial charge in [0.2, 0.25) is 0 Å². The van der Waals surface area contributed by atoms with Crippen molar-refractivity contribution in [2.24, 2.45) is 5.92 Å². The third kappa shape index (κ3) is 2.77. The Morgan fingerprint density at radius 2 is 2.22 bits per heavy atom. The predicted molar refractivity (Wildman–Crippen MR) is 63.1 cm³/mol. The molecule has 1 saturated heterocycles. The summed E-state index contributed by atoms with van der Waals surface area (Å²) in [6.45, 7) is 2.09. The van der Waals surface area contributed by atoms with E-state index in [1.54, 1.807) is 6.07 Å². The SMILES string of the molecule is N#Cc1ccc(NCCC2CCOC2)c(F)c1F. The van der Waals surface area contributed by atoms with Gasteiger partial charge in [0.05, 0.1) is 11.3 Å². The quantitative estimate of drug-likeness (QED) is 0.896. The lowest BCUT2D eigenvalue weighted by Crippen LogP contribution is -2.10. The zero-order valence-corrected chi connectivity index (χ0v) is 9.88. The van der Waals surface area contributed by atoms with Gasteiger partial charge in [-0.2, -0.15) is 5.26 Å². The Bertz CT molecular complexity index is 465. The van der Waals surface area contributed by atoms with Crippen LogP contribution >= 0.6 is 0 Å². The third-order valence-electron chi connectivity index (χ3n) is 3.09. The van der Waals surface area contributed by atoms with Crippen molar-refractivity contribution in [2.45, 2.75) is 12.8 Å². The number of rotatable bonds is 4. The zero-order valence-electron chi connectivity index (χ0n) is 9.88. The molecule has 5 heteroatoms. The van der Waals surface area contributed by atoms with Crippen molar-refractivity contribution >= 4 is 5.69 Å². The fourth-order valence-electron chi connectivity index (χ4n) is 1.99. The molecule has 1 atom stereocenters. The first-order chi connectivity index (χ1) is 8.72. The number of nitrogens with zero attached hydrogens (tertiary/aromatic N) is 1. The second kappa shape index (κ2) is 5.78. The van der Waals surface area contributed by atoms with Crippen molar-refractivity contribution in [3.8, 4) is 6.07 Å². The fraction of sp³-hybridized carbons (Fsp3) is 0.462. The molecular weight excluding hydrogens is 238 g/mol. The van der Waals surface area contributed by atoms with Crippen molar-refractivity contribution in [3.05, 3.63) is 29.3 Å². The van der Waals surface area contributed by atoms with Crippen LogP contribution in [0.2, 0.25) is 0 Å². The summed E-state index contributed by atoms with van der Waals surface area (Å²) in [5.41, 5.74) is -0.173. The van der Waals surface area contributed by atoms with E-state index in [2.05, 4.69) is 5.32 Å². The van der Waals surface area contributed by atoms with Crippen molar-refractivity contribution in [1.82, 2.24) is 0 Å². The molecule has 1 aromatic carbocycles. The van der Waals surface area contributed by atoms with Gasteiger partial charge in [0.25, 0.3) is 0 Å². The highest BCUT2D eigenvalue weighted by Gasteiger charge is 2.16. The number of nitrogens with one attached hydrogen (secondary N) is 1. The monoisotopic (exact) mass is 252 g/mol. The highest BCUT2D eigenvalue weighted by atomic mass is 19.2. The van der Waals surface area contributed by atoms with Crippen LogP contribution in [-0.2, 0) is 4.74 Å². The predicted octanol–water partition coefficient (Wildman–Crippen LogP) is 2.67. The third-order valence-corrected chi connectivity index (χ3v) is 3.09. The molecule has 1 fully saturated rings. The molecule has 0 amide bonds. The zero-order chi connectivity index (χ0) is 13.0. The first-order valence-electron chi connectivity index (χ1n) is 5.92. The highest BCUT2D eigenvalue weighted by molar-refractivity contribution is 5.49. The Balaban J connectivity index is 1.93. The molecule has 2 rings (SSSR count). The highest BCUT2D eigenvalue weighted by Crippen LogP contribution is 2.21. The van der Waals surface area contributed by atoms with E-state index in [1.165, 1.54) is 12.1 Å². The van der Waals surface area contributed by atoms with Crippen LogP contribution in [0.5, 0.6) is 0 Å².